The number of aryl methyl sites for hydroxylation is 1. The summed E-state index contributed by atoms with van der Waals surface area (Å²) in [5, 5.41) is 0. The minimum Gasteiger partial charge on any atom is -0.496 e. The van der Waals surface area contributed by atoms with Gasteiger partial charge in [-0.05, 0) is 30.0 Å². The van der Waals surface area contributed by atoms with Crippen molar-refractivity contribution >= 4 is 0 Å². The lowest BCUT2D eigenvalue weighted by molar-refractivity contribution is 0.409. The zero-order valence-electron chi connectivity index (χ0n) is 8.34. The quantitative estimate of drug-likeness (QED) is 0.641. The Morgan fingerprint density at radius 2 is 2.23 bits per heavy atom. The van der Waals surface area contributed by atoms with E-state index in [2.05, 4.69) is 31.7 Å². The number of hydrogen-bond acceptors (Lipinski definition) is 1. The van der Waals surface area contributed by atoms with Crippen LogP contribution in [0.5, 0.6) is 5.75 Å². The van der Waals surface area contributed by atoms with Gasteiger partial charge in [-0.2, -0.15) is 0 Å². The van der Waals surface area contributed by atoms with Crippen LogP contribution in [0, 0.1) is 0 Å². The number of allylic oxidation sites excluding steroid dienone is 1. The molecule has 0 amide bonds. The SMILES string of the molecule is C=CCc1ccc(CC)c(OC)c1. The molecule has 0 aliphatic carbocycles. The molecule has 0 saturated carbocycles. The van der Waals surface area contributed by atoms with E-state index in [0.717, 1.165) is 18.6 Å². The van der Waals surface area contributed by atoms with Crippen LogP contribution in [0.1, 0.15) is 18.1 Å². The van der Waals surface area contributed by atoms with Crippen molar-refractivity contribution in [3.05, 3.63) is 42.0 Å². The highest BCUT2D eigenvalue weighted by Gasteiger charge is 2.00. The molecule has 13 heavy (non-hydrogen) atoms. The lowest BCUT2D eigenvalue weighted by Gasteiger charge is -2.07. The molecule has 0 radical (unpaired) electrons. The predicted molar refractivity (Wildman–Crippen MR) is 56.3 cm³/mol. The predicted octanol–water partition coefficient (Wildman–Crippen LogP) is 2.99. The van der Waals surface area contributed by atoms with Gasteiger partial charge in [0.05, 0.1) is 7.11 Å². The second-order valence-corrected chi connectivity index (χ2v) is 2.99. The third-order valence-electron chi connectivity index (χ3n) is 2.11. The molecule has 0 N–H and O–H groups in total. The zero-order valence-corrected chi connectivity index (χ0v) is 8.34. The maximum Gasteiger partial charge on any atom is 0.122 e. The van der Waals surface area contributed by atoms with E-state index < -0.39 is 0 Å². The second-order valence-electron chi connectivity index (χ2n) is 2.99. The molecule has 0 bridgehead atoms. The van der Waals surface area contributed by atoms with Crippen molar-refractivity contribution in [2.45, 2.75) is 19.8 Å². The Morgan fingerprint density at radius 1 is 1.46 bits per heavy atom. The Bertz CT molecular complexity index is 289. The highest BCUT2D eigenvalue weighted by atomic mass is 16.5. The lowest BCUT2D eigenvalue weighted by Crippen LogP contribution is -1.92. The summed E-state index contributed by atoms with van der Waals surface area (Å²) in [7, 11) is 1.71. The van der Waals surface area contributed by atoms with Gasteiger partial charge >= 0.3 is 0 Å². The number of benzene rings is 1. The first-order valence-corrected chi connectivity index (χ1v) is 4.58. The van der Waals surface area contributed by atoms with Crippen LogP contribution in [0.15, 0.2) is 30.9 Å². The fourth-order valence-electron chi connectivity index (χ4n) is 1.37. The van der Waals surface area contributed by atoms with Crippen LogP contribution in [-0.2, 0) is 12.8 Å². The summed E-state index contributed by atoms with van der Waals surface area (Å²) < 4.78 is 5.29. The van der Waals surface area contributed by atoms with Crippen LogP contribution in [0.3, 0.4) is 0 Å². The molecular formula is C12H16O. The molecule has 1 rings (SSSR count). The number of ether oxygens (including phenoxy) is 1. The minimum atomic E-state index is 0.903. The van der Waals surface area contributed by atoms with E-state index in [0.29, 0.717) is 0 Å². The van der Waals surface area contributed by atoms with Crippen molar-refractivity contribution in [2.24, 2.45) is 0 Å². The van der Waals surface area contributed by atoms with Gasteiger partial charge in [0.15, 0.2) is 0 Å². The maximum atomic E-state index is 5.29. The minimum absolute atomic E-state index is 0.903. The topological polar surface area (TPSA) is 9.23 Å². The molecule has 0 atom stereocenters. The summed E-state index contributed by atoms with van der Waals surface area (Å²) in [6.45, 7) is 5.84. The van der Waals surface area contributed by atoms with Gasteiger partial charge in [0, 0.05) is 0 Å². The monoisotopic (exact) mass is 176 g/mol. The molecule has 0 aliphatic rings. The smallest absolute Gasteiger partial charge is 0.122 e. The van der Waals surface area contributed by atoms with Crippen molar-refractivity contribution in [1.29, 1.82) is 0 Å². The lowest BCUT2D eigenvalue weighted by atomic mass is 10.1. The van der Waals surface area contributed by atoms with Gasteiger partial charge in [0.25, 0.3) is 0 Å². The Balaban J connectivity index is 2.98. The van der Waals surface area contributed by atoms with Gasteiger partial charge in [-0.15, -0.1) is 6.58 Å². The first-order valence-electron chi connectivity index (χ1n) is 4.58. The first kappa shape index (κ1) is 9.85. The van der Waals surface area contributed by atoms with Crippen LogP contribution in [0.2, 0.25) is 0 Å². The van der Waals surface area contributed by atoms with E-state index in [4.69, 9.17) is 4.74 Å². The molecular weight excluding hydrogens is 160 g/mol. The molecule has 70 valence electrons. The fourth-order valence-corrected chi connectivity index (χ4v) is 1.37. The Labute approximate surface area is 80.0 Å². The molecule has 0 saturated heterocycles. The first-order chi connectivity index (χ1) is 6.31. The molecule has 1 aromatic rings. The molecule has 0 aliphatic heterocycles. The van der Waals surface area contributed by atoms with Gasteiger partial charge in [-0.1, -0.05) is 25.1 Å². The Hall–Kier alpha value is -1.24. The number of rotatable bonds is 4. The third kappa shape index (κ3) is 2.35. The van der Waals surface area contributed by atoms with E-state index in [-0.39, 0.29) is 0 Å². The molecule has 1 aromatic carbocycles. The summed E-state index contributed by atoms with van der Waals surface area (Å²) >= 11 is 0. The third-order valence-corrected chi connectivity index (χ3v) is 2.11. The van der Waals surface area contributed by atoms with Crippen LogP contribution in [0.4, 0.5) is 0 Å². The Morgan fingerprint density at radius 3 is 2.77 bits per heavy atom. The Kier molecular flexibility index (Phi) is 3.56. The molecule has 1 heteroatoms. The van der Waals surface area contributed by atoms with Gasteiger partial charge < -0.3 is 4.74 Å². The summed E-state index contributed by atoms with van der Waals surface area (Å²) in [6.07, 6.45) is 3.82. The van der Waals surface area contributed by atoms with Gasteiger partial charge in [-0.25, -0.2) is 0 Å². The zero-order chi connectivity index (χ0) is 9.68. The van der Waals surface area contributed by atoms with E-state index in [1.807, 2.05) is 6.08 Å². The summed E-state index contributed by atoms with van der Waals surface area (Å²) in [6, 6.07) is 6.33. The van der Waals surface area contributed by atoms with Crippen LogP contribution in [0.25, 0.3) is 0 Å². The number of hydrogen-bond donors (Lipinski definition) is 0. The molecule has 0 spiro atoms. The van der Waals surface area contributed by atoms with Gasteiger partial charge in [0.2, 0.25) is 0 Å². The van der Waals surface area contributed by atoms with Crippen molar-refractivity contribution in [1.82, 2.24) is 0 Å². The molecule has 0 unspecified atom stereocenters. The van der Waals surface area contributed by atoms with Crippen LogP contribution in [-0.4, -0.2) is 7.11 Å². The second kappa shape index (κ2) is 4.70. The maximum absolute atomic E-state index is 5.29. The standard InChI is InChI=1S/C12H16O/c1-4-6-10-7-8-11(5-2)12(9-10)13-3/h4,7-9H,1,5-6H2,2-3H3. The van der Waals surface area contributed by atoms with Crippen LogP contribution < -0.4 is 4.74 Å². The summed E-state index contributed by atoms with van der Waals surface area (Å²) in [5.41, 5.74) is 2.51. The summed E-state index contributed by atoms with van der Waals surface area (Å²) in [5.74, 6) is 0.988. The average Bonchev–Trinajstić information content (AvgIpc) is 2.18. The van der Waals surface area contributed by atoms with Crippen LogP contribution >= 0.6 is 0 Å². The highest BCUT2D eigenvalue weighted by Crippen LogP contribution is 2.20. The van der Waals surface area contributed by atoms with Gasteiger partial charge in [-0.3, -0.25) is 0 Å². The van der Waals surface area contributed by atoms with E-state index in [1.165, 1.54) is 11.1 Å². The molecule has 0 fully saturated rings. The largest absolute Gasteiger partial charge is 0.496 e. The van der Waals surface area contributed by atoms with E-state index >= 15 is 0 Å². The molecule has 0 heterocycles. The average molecular weight is 176 g/mol. The number of methoxy groups -OCH3 is 1. The fraction of sp³-hybridized carbons (Fsp3) is 0.333. The van der Waals surface area contributed by atoms with Crippen molar-refractivity contribution in [3.8, 4) is 5.75 Å². The highest BCUT2D eigenvalue weighted by molar-refractivity contribution is 5.38. The summed E-state index contributed by atoms with van der Waals surface area (Å²) in [4.78, 5) is 0. The van der Waals surface area contributed by atoms with E-state index in [1.54, 1.807) is 7.11 Å². The molecule has 1 nitrogen and oxygen atoms in total. The van der Waals surface area contributed by atoms with E-state index in [9.17, 15) is 0 Å². The van der Waals surface area contributed by atoms with Crippen molar-refractivity contribution in [3.63, 3.8) is 0 Å². The van der Waals surface area contributed by atoms with Crippen molar-refractivity contribution in [2.75, 3.05) is 7.11 Å². The molecule has 0 aromatic heterocycles. The van der Waals surface area contributed by atoms with Gasteiger partial charge in [0.1, 0.15) is 5.75 Å². The van der Waals surface area contributed by atoms with Crippen molar-refractivity contribution < 1.29 is 4.74 Å². The normalized spacial score (nSPS) is 9.69.